The number of fused-ring (bicyclic) bond motifs is 1. The van der Waals surface area contributed by atoms with E-state index in [9.17, 15) is 22.4 Å². The Balaban J connectivity index is 2.46. The number of aromatic nitrogens is 2. The number of carbonyl (C=O) groups is 1. The molecule has 114 valence electrons. The van der Waals surface area contributed by atoms with E-state index in [0.29, 0.717) is 0 Å². The van der Waals surface area contributed by atoms with E-state index in [1.165, 1.54) is 18.2 Å². The summed E-state index contributed by atoms with van der Waals surface area (Å²) in [7, 11) is 0. The molecule has 21 heavy (non-hydrogen) atoms. The number of rotatable bonds is 6. The smallest absolute Gasteiger partial charge is 0.297 e. The molecule has 0 bridgehead atoms. The van der Waals surface area contributed by atoms with Gasteiger partial charge in [0.05, 0.1) is 17.6 Å². The van der Waals surface area contributed by atoms with Gasteiger partial charge in [-0.25, -0.2) is 17.6 Å². The van der Waals surface area contributed by atoms with Crippen LogP contribution >= 0.6 is 0 Å². The monoisotopic (exact) mass is 305 g/mol. The molecule has 1 heterocycles. The number of nitrogens with zero attached hydrogens (tertiary/aromatic N) is 2. The largest absolute Gasteiger partial charge is 0.459 e. The number of primary amides is 1. The number of hydrogen-bond acceptors (Lipinski definition) is 3. The summed E-state index contributed by atoms with van der Waals surface area (Å²) in [6.45, 7) is -1.72. The van der Waals surface area contributed by atoms with Gasteiger partial charge in [0.15, 0.2) is 6.61 Å². The molecule has 0 spiro atoms. The summed E-state index contributed by atoms with van der Waals surface area (Å²) in [4.78, 5) is 14.9. The van der Waals surface area contributed by atoms with E-state index in [-0.39, 0.29) is 22.6 Å². The first-order valence-corrected chi connectivity index (χ1v) is 5.87. The predicted octanol–water partition coefficient (Wildman–Crippen LogP) is 2.04. The lowest BCUT2D eigenvalue weighted by Crippen LogP contribution is -2.13. The van der Waals surface area contributed by atoms with Crippen molar-refractivity contribution in [3.05, 3.63) is 23.8 Å². The van der Waals surface area contributed by atoms with Crippen LogP contribution in [0.5, 0.6) is 6.01 Å². The van der Waals surface area contributed by atoms with E-state index in [2.05, 4.69) is 4.98 Å². The Labute approximate surface area is 116 Å². The first-order chi connectivity index (χ1) is 9.88. The minimum Gasteiger partial charge on any atom is -0.459 e. The molecule has 0 saturated carbocycles. The highest BCUT2D eigenvalue weighted by Crippen LogP contribution is 2.24. The summed E-state index contributed by atoms with van der Waals surface area (Å²) in [5, 5.41) is 0. The molecule has 0 fully saturated rings. The maximum Gasteiger partial charge on any atom is 0.297 e. The Hall–Kier alpha value is -2.32. The fraction of sp³-hybridized carbons (Fsp3) is 0.333. The van der Waals surface area contributed by atoms with Crippen molar-refractivity contribution >= 4 is 16.9 Å². The van der Waals surface area contributed by atoms with Crippen molar-refractivity contribution in [2.75, 3.05) is 6.61 Å². The Morgan fingerprint density at radius 2 is 2.00 bits per heavy atom. The quantitative estimate of drug-likeness (QED) is 0.830. The molecule has 1 aromatic carbocycles. The summed E-state index contributed by atoms with van der Waals surface area (Å²) in [5.41, 5.74) is 5.64. The van der Waals surface area contributed by atoms with E-state index >= 15 is 0 Å². The zero-order chi connectivity index (χ0) is 15.6. The maximum atomic E-state index is 12.6. The first kappa shape index (κ1) is 15.1. The van der Waals surface area contributed by atoms with Crippen molar-refractivity contribution in [3.8, 4) is 6.01 Å². The van der Waals surface area contributed by atoms with Crippen LogP contribution in [0.3, 0.4) is 0 Å². The SMILES string of the molecule is NC(=O)c1ccc2c(c1)nc(OCC(F)F)n2CC(F)F. The van der Waals surface area contributed by atoms with Crippen LogP contribution in [0, 0.1) is 0 Å². The van der Waals surface area contributed by atoms with Crippen LogP contribution < -0.4 is 10.5 Å². The fourth-order valence-electron chi connectivity index (χ4n) is 1.82. The number of alkyl halides is 4. The molecule has 0 saturated heterocycles. The van der Waals surface area contributed by atoms with Crippen molar-refractivity contribution in [2.45, 2.75) is 19.4 Å². The molecule has 0 aliphatic heterocycles. The van der Waals surface area contributed by atoms with Gasteiger partial charge < -0.3 is 10.5 Å². The molecule has 0 radical (unpaired) electrons. The van der Waals surface area contributed by atoms with Crippen LogP contribution in [-0.2, 0) is 6.54 Å². The third-order valence-electron chi connectivity index (χ3n) is 2.66. The van der Waals surface area contributed by atoms with Gasteiger partial charge in [-0.2, -0.15) is 4.98 Å². The molecular formula is C12H11F4N3O2. The molecular weight excluding hydrogens is 294 g/mol. The second kappa shape index (κ2) is 5.98. The van der Waals surface area contributed by atoms with Crippen LogP contribution in [0.2, 0.25) is 0 Å². The first-order valence-electron chi connectivity index (χ1n) is 5.87. The number of nitrogens with two attached hydrogens (primary N) is 1. The minimum absolute atomic E-state index is 0.129. The van der Waals surface area contributed by atoms with Crippen molar-refractivity contribution < 1.29 is 27.1 Å². The van der Waals surface area contributed by atoms with E-state index in [0.717, 1.165) is 4.57 Å². The van der Waals surface area contributed by atoms with Crippen molar-refractivity contribution in [1.29, 1.82) is 0 Å². The van der Waals surface area contributed by atoms with E-state index in [4.69, 9.17) is 10.5 Å². The molecule has 2 rings (SSSR count). The van der Waals surface area contributed by atoms with Crippen LogP contribution in [0.1, 0.15) is 10.4 Å². The molecule has 0 atom stereocenters. The second-order valence-electron chi connectivity index (χ2n) is 4.17. The van der Waals surface area contributed by atoms with Gasteiger partial charge in [-0.1, -0.05) is 0 Å². The number of amides is 1. The van der Waals surface area contributed by atoms with E-state index in [1.54, 1.807) is 0 Å². The summed E-state index contributed by atoms with van der Waals surface area (Å²) < 4.78 is 55.2. The highest BCUT2D eigenvalue weighted by Gasteiger charge is 2.18. The minimum atomic E-state index is -2.76. The molecule has 0 unspecified atom stereocenters. The van der Waals surface area contributed by atoms with Gasteiger partial charge in [-0.05, 0) is 18.2 Å². The van der Waals surface area contributed by atoms with Crippen molar-refractivity contribution in [1.82, 2.24) is 9.55 Å². The predicted molar refractivity (Wildman–Crippen MR) is 65.8 cm³/mol. The zero-order valence-electron chi connectivity index (χ0n) is 10.6. The fourth-order valence-corrected chi connectivity index (χ4v) is 1.82. The molecule has 0 aliphatic rings. The molecule has 2 aromatic rings. The van der Waals surface area contributed by atoms with Crippen molar-refractivity contribution in [2.24, 2.45) is 5.73 Å². The van der Waals surface area contributed by atoms with Gasteiger partial charge in [-0.3, -0.25) is 9.36 Å². The van der Waals surface area contributed by atoms with Gasteiger partial charge >= 0.3 is 0 Å². The van der Waals surface area contributed by atoms with Gasteiger partial charge in [0.2, 0.25) is 5.91 Å². The highest BCUT2D eigenvalue weighted by atomic mass is 19.3. The van der Waals surface area contributed by atoms with Crippen LogP contribution in [-0.4, -0.2) is 34.9 Å². The lowest BCUT2D eigenvalue weighted by atomic mass is 10.2. The Bertz CT molecular complexity index is 657. The lowest BCUT2D eigenvalue weighted by Gasteiger charge is -2.09. The average molecular weight is 305 g/mol. The Morgan fingerprint density at radius 3 is 2.57 bits per heavy atom. The number of ether oxygens (including phenoxy) is 1. The highest BCUT2D eigenvalue weighted by molar-refractivity contribution is 5.96. The third-order valence-corrected chi connectivity index (χ3v) is 2.66. The van der Waals surface area contributed by atoms with Gasteiger partial charge in [0.1, 0.15) is 0 Å². The average Bonchev–Trinajstić information content (AvgIpc) is 2.73. The van der Waals surface area contributed by atoms with Gasteiger partial charge in [-0.15, -0.1) is 0 Å². The molecule has 1 amide bonds. The third kappa shape index (κ3) is 3.41. The van der Waals surface area contributed by atoms with E-state index < -0.39 is 31.9 Å². The number of benzene rings is 1. The molecule has 2 N–H and O–H groups in total. The normalized spacial score (nSPS) is 11.5. The number of hydrogen-bond donors (Lipinski definition) is 1. The lowest BCUT2D eigenvalue weighted by molar-refractivity contribution is 0.0708. The Morgan fingerprint density at radius 1 is 1.29 bits per heavy atom. The molecule has 1 aromatic heterocycles. The van der Waals surface area contributed by atoms with Gasteiger partial charge in [0, 0.05) is 5.56 Å². The van der Waals surface area contributed by atoms with E-state index in [1.807, 2.05) is 0 Å². The number of imidazole rings is 1. The van der Waals surface area contributed by atoms with Gasteiger partial charge in [0.25, 0.3) is 18.9 Å². The van der Waals surface area contributed by atoms with Crippen LogP contribution in [0.15, 0.2) is 18.2 Å². The standard InChI is InChI=1S/C12H11F4N3O2/c13-9(14)4-19-8-2-1-6(11(17)20)3-7(8)18-12(19)21-5-10(15)16/h1-3,9-10H,4-5H2,(H2,17,20). The summed E-state index contributed by atoms with van der Waals surface area (Å²) in [6.07, 6.45) is -5.47. The number of halogens is 4. The Kier molecular flexibility index (Phi) is 4.29. The topological polar surface area (TPSA) is 70.1 Å². The van der Waals surface area contributed by atoms with Crippen molar-refractivity contribution in [3.63, 3.8) is 0 Å². The molecule has 9 heteroatoms. The molecule has 0 aliphatic carbocycles. The summed E-state index contributed by atoms with van der Waals surface area (Å²) in [5.74, 6) is -0.713. The zero-order valence-corrected chi connectivity index (χ0v) is 10.6. The van der Waals surface area contributed by atoms with Crippen LogP contribution in [0.25, 0.3) is 11.0 Å². The summed E-state index contributed by atoms with van der Waals surface area (Å²) >= 11 is 0. The maximum absolute atomic E-state index is 12.6. The molecule has 5 nitrogen and oxygen atoms in total. The van der Waals surface area contributed by atoms with Crippen LogP contribution in [0.4, 0.5) is 17.6 Å². The summed E-state index contributed by atoms with van der Waals surface area (Å²) in [6, 6.07) is 3.63. The number of carbonyl (C=O) groups excluding carboxylic acids is 1. The second-order valence-corrected chi connectivity index (χ2v) is 4.17.